The molecule has 98 valence electrons. The number of thiophene rings is 1. The first kappa shape index (κ1) is 13.0. The summed E-state index contributed by atoms with van der Waals surface area (Å²) in [5, 5.41) is 7.88. The number of rotatable bonds is 4. The summed E-state index contributed by atoms with van der Waals surface area (Å²) < 4.78 is 1.92. The highest BCUT2D eigenvalue weighted by Crippen LogP contribution is 2.29. The summed E-state index contributed by atoms with van der Waals surface area (Å²) in [4.78, 5) is 2.64. The van der Waals surface area contributed by atoms with E-state index in [0.717, 1.165) is 23.7 Å². The topological polar surface area (TPSA) is 55.9 Å². The van der Waals surface area contributed by atoms with Crippen molar-refractivity contribution in [3.8, 4) is 0 Å². The fraction of sp³-hybridized carbons (Fsp3) is 0.462. The largest absolute Gasteiger partial charge is 0.394 e. The second-order valence-corrected chi connectivity index (χ2v) is 5.80. The number of hydrogen-bond donors (Lipinski definition) is 2. The van der Waals surface area contributed by atoms with Crippen LogP contribution in [0.15, 0.2) is 12.1 Å². The van der Waals surface area contributed by atoms with Gasteiger partial charge in [-0.2, -0.15) is 5.10 Å². The molecule has 0 spiro atoms. The lowest BCUT2D eigenvalue weighted by Gasteiger charge is -2.15. The van der Waals surface area contributed by atoms with Crippen molar-refractivity contribution in [3.63, 3.8) is 0 Å². The quantitative estimate of drug-likeness (QED) is 0.890. The Morgan fingerprint density at radius 1 is 1.44 bits per heavy atom. The van der Waals surface area contributed by atoms with Gasteiger partial charge in [-0.3, -0.25) is 0 Å². The van der Waals surface area contributed by atoms with Gasteiger partial charge in [0.05, 0.1) is 17.4 Å². The number of aryl methyl sites for hydroxylation is 3. The minimum absolute atomic E-state index is 0.243. The molecule has 2 rings (SSSR count). The average Bonchev–Trinajstić information content (AvgIpc) is 2.88. The van der Waals surface area contributed by atoms with Crippen molar-refractivity contribution in [3.05, 3.63) is 27.6 Å². The summed E-state index contributed by atoms with van der Waals surface area (Å²) in [6, 6.07) is 4.55. The molecule has 3 N–H and O–H groups in total. The number of nitrogen functional groups attached to an aromatic ring is 1. The van der Waals surface area contributed by atoms with E-state index in [1.807, 2.05) is 22.9 Å². The van der Waals surface area contributed by atoms with E-state index in [0.29, 0.717) is 0 Å². The van der Waals surface area contributed by atoms with Crippen molar-refractivity contribution in [1.82, 2.24) is 9.78 Å². The van der Waals surface area contributed by atoms with Gasteiger partial charge in [0.15, 0.2) is 0 Å². The summed E-state index contributed by atoms with van der Waals surface area (Å²) in [6.07, 6.45) is 0. The van der Waals surface area contributed by atoms with Crippen LogP contribution in [-0.2, 0) is 6.54 Å². The molecule has 2 aromatic heterocycles. The van der Waals surface area contributed by atoms with Crippen molar-refractivity contribution < 1.29 is 0 Å². The fourth-order valence-electron chi connectivity index (χ4n) is 1.94. The van der Waals surface area contributed by atoms with Crippen LogP contribution >= 0.6 is 11.3 Å². The summed E-state index contributed by atoms with van der Waals surface area (Å²) in [7, 11) is 0. The molecule has 1 unspecified atom stereocenters. The van der Waals surface area contributed by atoms with Gasteiger partial charge in [0.2, 0.25) is 0 Å². The Labute approximate surface area is 112 Å². The third-order valence-electron chi connectivity index (χ3n) is 3.01. The Bertz CT molecular complexity index is 541. The van der Waals surface area contributed by atoms with Gasteiger partial charge in [-0.1, -0.05) is 0 Å². The molecule has 0 saturated carbocycles. The van der Waals surface area contributed by atoms with Crippen LogP contribution in [0.4, 0.5) is 11.5 Å². The number of nitrogens with one attached hydrogen (secondary N) is 1. The maximum absolute atomic E-state index is 6.07. The van der Waals surface area contributed by atoms with Crippen LogP contribution in [-0.4, -0.2) is 9.78 Å². The van der Waals surface area contributed by atoms with E-state index in [4.69, 9.17) is 5.73 Å². The van der Waals surface area contributed by atoms with Gasteiger partial charge >= 0.3 is 0 Å². The molecule has 0 amide bonds. The number of anilines is 2. The van der Waals surface area contributed by atoms with Crippen LogP contribution in [0.25, 0.3) is 0 Å². The zero-order valence-electron chi connectivity index (χ0n) is 11.3. The number of nitrogens with two attached hydrogens (primary N) is 1. The van der Waals surface area contributed by atoms with E-state index in [2.05, 4.69) is 43.3 Å². The van der Waals surface area contributed by atoms with Crippen LogP contribution in [0.1, 0.15) is 35.3 Å². The standard InChI is InChI=1S/C13H20N4S/c1-5-17-13(12(14)10(4)16-17)15-9(3)11-7-6-8(2)18-11/h6-7,9,15H,5,14H2,1-4H3. The minimum Gasteiger partial charge on any atom is -0.394 e. The molecule has 1 atom stereocenters. The molecule has 5 heteroatoms. The van der Waals surface area contributed by atoms with E-state index in [9.17, 15) is 0 Å². The van der Waals surface area contributed by atoms with E-state index in [1.54, 1.807) is 0 Å². The summed E-state index contributed by atoms with van der Waals surface area (Å²) in [6.45, 7) is 9.09. The Hall–Kier alpha value is -1.49. The zero-order chi connectivity index (χ0) is 13.3. The smallest absolute Gasteiger partial charge is 0.148 e. The summed E-state index contributed by atoms with van der Waals surface area (Å²) in [5.74, 6) is 0.925. The summed E-state index contributed by atoms with van der Waals surface area (Å²) >= 11 is 1.81. The maximum atomic E-state index is 6.07. The number of aromatic nitrogens is 2. The van der Waals surface area contributed by atoms with E-state index in [-0.39, 0.29) is 6.04 Å². The van der Waals surface area contributed by atoms with Crippen molar-refractivity contribution in [2.45, 2.75) is 40.3 Å². The van der Waals surface area contributed by atoms with Crippen LogP contribution in [0.2, 0.25) is 0 Å². The monoisotopic (exact) mass is 264 g/mol. The van der Waals surface area contributed by atoms with Crippen LogP contribution in [0.5, 0.6) is 0 Å². The Morgan fingerprint density at radius 2 is 2.17 bits per heavy atom. The lowest BCUT2D eigenvalue weighted by molar-refractivity contribution is 0.652. The van der Waals surface area contributed by atoms with Gasteiger partial charge in [0.25, 0.3) is 0 Å². The molecule has 0 bridgehead atoms. The first-order chi connectivity index (χ1) is 8.52. The number of nitrogens with zero attached hydrogens (tertiary/aromatic N) is 2. The molecule has 0 aliphatic rings. The first-order valence-electron chi connectivity index (χ1n) is 6.18. The van der Waals surface area contributed by atoms with Gasteiger partial charge in [-0.25, -0.2) is 4.68 Å². The normalized spacial score (nSPS) is 12.7. The average molecular weight is 264 g/mol. The van der Waals surface area contributed by atoms with Gasteiger partial charge in [-0.05, 0) is 39.8 Å². The Morgan fingerprint density at radius 3 is 2.72 bits per heavy atom. The molecule has 18 heavy (non-hydrogen) atoms. The Balaban J connectivity index is 2.23. The lowest BCUT2D eigenvalue weighted by Crippen LogP contribution is -2.11. The van der Waals surface area contributed by atoms with Crippen molar-refractivity contribution in [2.24, 2.45) is 0 Å². The minimum atomic E-state index is 0.243. The van der Waals surface area contributed by atoms with Gasteiger partial charge in [-0.15, -0.1) is 11.3 Å². The second kappa shape index (κ2) is 5.02. The fourth-order valence-corrected chi connectivity index (χ4v) is 2.82. The van der Waals surface area contributed by atoms with Gasteiger partial charge < -0.3 is 11.1 Å². The van der Waals surface area contributed by atoms with Crippen LogP contribution in [0.3, 0.4) is 0 Å². The highest BCUT2D eigenvalue weighted by atomic mass is 32.1. The first-order valence-corrected chi connectivity index (χ1v) is 7.00. The van der Waals surface area contributed by atoms with Crippen molar-refractivity contribution in [2.75, 3.05) is 11.1 Å². The van der Waals surface area contributed by atoms with Crippen molar-refractivity contribution >= 4 is 22.8 Å². The molecule has 4 nitrogen and oxygen atoms in total. The highest BCUT2D eigenvalue weighted by Gasteiger charge is 2.15. The Kier molecular flexibility index (Phi) is 3.61. The molecular formula is C13H20N4S. The van der Waals surface area contributed by atoms with E-state index < -0.39 is 0 Å². The molecule has 0 aliphatic heterocycles. The van der Waals surface area contributed by atoms with Gasteiger partial charge in [0, 0.05) is 16.3 Å². The molecular weight excluding hydrogens is 244 g/mol. The molecule has 0 fully saturated rings. The predicted octanol–water partition coefficient (Wildman–Crippen LogP) is 3.34. The third-order valence-corrected chi connectivity index (χ3v) is 4.20. The zero-order valence-corrected chi connectivity index (χ0v) is 12.1. The molecule has 0 aliphatic carbocycles. The molecule has 0 aromatic carbocycles. The lowest BCUT2D eigenvalue weighted by atomic mass is 10.2. The van der Waals surface area contributed by atoms with E-state index >= 15 is 0 Å². The van der Waals surface area contributed by atoms with Crippen LogP contribution in [0, 0.1) is 13.8 Å². The van der Waals surface area contributed by atoms with Crippen molar-refractivity contribution in [1.29, 1.82) is 0 Å². The molecule has 2 aromatic rings. The third kappa shape index (κ3) is 2.36. The van der Waals surface area contributed by atoms with E-state index in [1.165, 1.54) is 9.75 Å². The predicted molar refractivity (Wildman–Crippen MR) is 78.1 cm³/mol. The SMILES string of the molecule is CCn1nc(C)c(N)c1NC(C)c1ccc(C)s1. The molecule has 0 saturated heterocycles. The van der Waals surface area contributed by atoms with Crippen LogP contribution < -0.4 is 11.1 Å². The number of hydrogen-bond acceptors (Lipinski definition) is 4. The highest BCUT2D eigenvalue weighted by molar-refractivity contribution is 7.12. The summed E-state index contributed by atoms with van der Waals surface area (Å²) in [5.41, 5.74) is 7.70. The maximum Gasteiger partial charge on any atom is 0.148 e. The molecule has 0 radical (unpaired) electrons. The van der Waals surface area contributed by atoms with Gasteiger partial charge in [0.1, 0.15) is 5.82 Å². The second-order valence-electron chi connectivity index (χ2n) is 4.48. The molecule has 2 heterocycles.